The van der Waals surface area contributed by atoms with E-state index in [1.165, 1.54) is 48.5 Å². The van der Waals surface area contributed by atoms with Gasteiger partial charge in [-0.3, -0.25) is 14.4 Å². The third kappa shape index (κ3) is 8.29. The van der Waals surface area contributed by atoms with Gasteiger partial charge >= 0.3 is 11.9 Å². The summed E-state index contributed by atoms with van der Waals surface area (Å²) in [5.41, 5.74) is 0.733. The zero-order chi connectivity index (χ0) is 38.1. The van der Waals surface area contributed by atoms with Gasteiger partial charge < -0.3 is 20.8 Å². The van der Waals surface area contributed by atoms with Gasteiger partial charge in [0.2, 0.25) is 0 Å². The van der Waals surface area contributed by atoms with E-state index in [-0.39, 0.29) is 42.3 Å². The van der Waals surface area contributed by atoms with Crippen molar-refractivity contribution in [1.29, 1.82) is 0 Å². The van der Waals surface area contributed by atoms with Crippen molar-refractivity contribution >= 4 is 105 Å². The molecule has 0 spiro atoms. The van der Waals surface area contributed by atoms with E-state index in [1.807, 2.05) is 0 Å². The monoisotopic (exact) mass is 791 g/mol. The number of carboxylic acid groups (broad SMARTS) is 2. The van der Waals surface area contributed by atoms with Crippen LogP contribution in [-0.2, 0) is 20.0 Å². The minimum Gasteiger partial charge on any atom is -0.478 e. The number of aromatic carboxylic acids is 2. The summed E-state index contributed by atoms with van der Waals surface area (Å²) in [5, 5.41) is 27.6. The van der Waals surface area contributed by atoms with Gasteiger partial charge in [0.15, 0.2) is 5.96 Å². The Labute approximate surface area is 313 Å². The maximum absolute atomic E-state index is 13.2. The molecule has 270 valence electrons. The number of hydrogen-bond donors (Lipinski definition) is 6. The Bertz CT molecular complexity index is 2540. The summed E-state index contributed by atoms with van der Waals surface area (Å²) in [6.45, 7) is 0. The molecule has 6 aromatic carbocycles. The van der Waals surface area contributed by atoms with Gasteiger partial charge in [-0.15, -0.1) is 0 Å². The van der Waals surface area contributed by atoms with Crippen LogP contribution in [0.5, 0.6) is 0 Å². The smallest absolute Gasteiger partial charge is 0.337 e. The van der Waals surface area contributed by atoms with Gasteiger partial charge in [0.1, 0.15) is 0 Å². The predicted molar refractivity (Wildman–Crippen MR) is 207 cm³/mol. The van der Waals surface area contributed by atoms with Gasteiger partial charge in [0.25, 0.3) is 20.0 Å². The third-order valence-electron chi connectivity index (χ3n) is 7.89. The summed E-state index contributed by atoms with van der Waals surface area (Å²) in [6, 6.07) is 27.4. The number of fused-ring (bicyclic) bond motifs is 2. The quantitative estimate of drug-likeness (QED) is 0.0587. The first-order chi connectivity index (χ1) is 25.1. The van der Waals surface area contributed by atoms with Crippen molar-refractivity contribution in [3.8, 4) is 0 Å². The van der Waals surface area contributed by atoms with Crippen LogP contribution in [0.15, 0.2) is 124 Å². The van der Waals surface area contributed by atoms with E-state index in [2.05, 4.69) is 25.1 Å². The topological polar surface area (TPSA) is 203 Å². The number of sulfonamides is 2. The van der Waals surface area contributed by atoms with E-state index in [4.69, 9.17) is 23.2 Å². The number of guanidine groups is 1. The second kappa shape index (κ2) is 14.6. The van der Waals surface area contributed by atoms with Crippen LogP contribution in [0.1, 0.15) is 20.7 Å². The van der Waals surface area contributed by atoms with Crippen LogP contribution in [0.2, 0.25) is 10.0 Å². The van der Waals surface area contributed by atoms with E-state index in [9.17, 15) is 36.6 Å². The van der Waals surface area contributed by atoms with Crippen molar-refractivity contribution in [3.63, 3.8) is 0 Å². The van der Waals surface area contributed by atoms with Crippen molar-refractivity contribution in [3.05, 3.63) is 130 Å². The first-order valence-electron chi connectivity index (χ1n) is 15.3. The van der Waals surface area contributed by atoms with E-state index in [0.717, 1.165) is 22.9 Å². The fourth-order valence-corrected chi connectivity index (χ4v) is 7.86. The summed E-state index contributed by atoms with van der Waals surface area (Å²) in [5.74, 6) is -2.26. The van der Waals surface area contributed by atoms with Crippen LogP contribution in [0.4, 0.5) is 22.7 Å². The lowest BCUT2D eigenvalue weighted by atomic mass is 10.1. The Morgan fingerprint density at radius 3 is 1.28 bits per heavy atom. The molecular formula is C36H27Cl2N5O8S2. The molecule has 0 heterocycles. The Kier molecular flexibility index (Phi) is 10.2. The molecule has 6 aromatic rings. The highest BCUT2D eigenvalue weighted by atomic mass is 35.5. The number of aliphatic imine (C=N–C) groups is 1. The van der Waals surface area contributed by atoms with Gasteiger partial charge in [-0.05, 0) is 106 Å². The summed E-state index contributed by atoms with van der Waals surface area (Å²) in [6.07, 6.45) is 0. The maximum atomic E-state index is 13.2. The molecule has 0 saturated carbocycles. The Balaban J connectivity index is 1.19. The zero-order valence-corrected chi connectivity index (χ0v) is 30.4. The molecule has 0 aliphatic carbocycles. The lowest BCUT2D eigenvalue weighted by Crippen LogP contribution is -2.21. The van der Waals surface area contributed by atoms with Gasteiger partial charge in [0, 0.05) is 29.8 Å². The lowest BCUT2D eigenvalue weighted by Gasteiger charge is -2.14. The summed E-state index contributed by atoms with van der Waals surface area (Å²) in [7, 11) is -6.65. The van der Waals surface area contributed by atoms with Gasteiger partial charge in [-0.1, -0.05) is 47.5 Å². The van der Waals surface area contributed by atoms with Crippen molar-refractivity contribution < 1.29 is 36.6 Å². The molecule has 0 unspecified atom stereocenters. The molecule has 6 N–H and O–H groups in total. The van der Waals surface area contributed by atoms with Crippen LogP contribution >= 0.6 is 23.2 Å². The summed E-state index contributed by atoms with van der Waals surface area (Å²) < 4.78 is 57.7. The highest BCUT2D eigenvalue weighted by molar-refractivity contribution is 7.93. The zero-order valence-electron chi connectivity index (χ0n) is 27.3. The normalized spacial score (nSPS) is 11.5. The van der Waals surface area contributed by atoms with Crippen molar-refractivity contribution in [1.82, 2.24) is 0 Å². The molecule has 0 fully saturated rings. The number of anilines is 4. The van der Waals surface area contributed by atoms with Crippen molar-refractivity contribution in [2.45, 2.75) is 9.79 Å². The van der Waals surface area contributed by atoms with Crippen LogP contribution in [0, 0.1) is 0 Å². The molecule has 0 amide bonds. The molecule has 6 rings (SSSR count). The van der Waals surface area contributed by atoms with Crippen molar-refractivity contribution in [2.75, 3.05) is 27.1 Å². The molecule has 17 heteroatoms. The number of carboxylic acids is 2. The van der Waals surface area contributed by atoms with Crippen LogP contribution in [-0.4, -0.2) is 52.0 Å². The molecule has 13 nitrogen and oxygen atoms in total. The molecule has 0 radical (unpaired) electrons. The number of carbonyl (C=O) groups is 2. The van der Waals surface area contributed by atoms with E-state index < -0.39 is 32.0 Å². The molecule has 0 atom stereocenters. The summed E-state index contributed by atoms with van der Waals surface area (Å²) in [4.78, 5) is 27.1. The number of nitrogens with one attached hydrogen (secondary N) is 4. The highest BCUT2D eigenvalue weighted by Crippen LogP contribution is 2.29. The predicted octanol–water partition coefficient (Wildman–Crippen LogP) is 7.81. The number of halogens is 2. The van der Waals surface area contributed by atoms with E-state index in [0.29, 0.717) is 28.1 Å². The minimum absolute atomic E-state index is 0.0280. The first kappa shape index (κ1) is 36.9. The van der Waals surface area contributed by atoms with E-state index >= 15 is 0 Å². The third-order valence-corrected chi connectivity index (χ3v) is 11.3. The molecular weight excluding hydrogens is 765 g/mol. The van der Waals surface area contributed by atoms with Crippen molar-refractivity contribution in [2.24, 2.45) is 4.99 Å². The minimum atomic E-state index is -4.10. The number of benzene rings is 6. The molecule has 0 bridgehead atoms. The van der Waals surface area contributed by atoms with Crippen LogP contribution < -0.4 is 20.1 Å². The Morgan fingerprint density at radius 1 is 0.528 bits per heavy atom. The fourth-order valence-electron chi connectivity index (χ4n) is 5.29. The number of hydrogen-bond acceptors (Lipinski definition) is 7. The largest absolute Gasteiger partial charge is 0.478 e. The second-order valence-corrected chi connectivity index (χ2v) is 15.7. The maximum Gasteiger partial charge on any atom is 0.337 e. The lowest BCUT2D eigenvalue weighted by molar-refractivity contribution is 0.0686. The average molecular weight is 793 g/mol. The second-order valence-electron chi connectivity index (χ2n) is 11.5. The fraction of sp³-hybridized carbons (Fsp3) is 0.0278. The number of rotatable bonds is 10. The highest BCUT2D eigenvalue weighted by Gasteiger charge is 2.19. The standard InChI is InChI=1S/C36H27Cl2N5O8S2/c1-39-36(40-24-6-2-20-4-10-28(16-22(20)14-24)52(48,49)42-26-8-12-32(37)30(18-26)34(44)45)41-25-7-3-21-5-11-29(17-23(21)15-25)53(50,51)43-27-9-13-33(38)31(19-27)35(46)47/h2-19,42-43H,1H3,(H,44,45)(H,46,47)(H2,39,40,41). The van der Waals surface area contributed by atoms with E-state index in [1.54, 1.807) is 55.6 Å². The molecule has 53 heavy (non-hydrogen) atoms. The SMILES string of the molecule is CN=C(Nc1ccc2ccc(S(=O)(=O)Nc3ccc(Cl)c(C(=O)O)c3)cc2c1)Nc1ccc2ccc(S(=O)(=O)Nc3ccc(Cl)c(C(=O)O)c3)cc2c1. The Hall–Kier alpha value is -5.87. The van der Waals surface area contributed by atoms with Gasteiger partial charge in [-0.25, -0.2) is 26.4 Å². The van der Waals surface area contributed by atoms with Crippen LogP contribution in [0.3, 0.4) is 0 Å². The molecule has 0 aliphatic heterocycles. The van der Waals surface area contributed by atoms with Crippen LogP contribution in [0.25, 0.3) is 21.5 Å². The first-order valence-corrected chi connectivity index (χ1v) is 19.0. The van der Waals surface area contributed by atoms with Gasteiger partial charge in [-0.2, -0.15) is 0 Å². The average Bonchev–Trinajstić information content (AvgIpc) is 3.11. The van der Waals surface area contributed by atoms with Gasteiger partial charge in [0.05, 0.1) is 31.0 Å². The summed E-state index contributed by atoms with van der Waals surface area (Å²) >= 11 is 11.8. The Morgan fingerprint density at radius 2 is 0.906 bits per heavy atom. The molecule has 0 aliphatic rings. The molecule has 0 aromatic heterocycles. The molecule has 0 saturated heterocycles. The number of nitrogens with zero attached hydrogens (tertiary/aromatic N) is 1.